The summed E-state index contributed by atoms with van der Waals surface area (Å²) in [6.45, 7) is 0.994. The fraction of sp³-hybridized carbons (Fsp3) is 0.250. The average molecular weight is 400 g/mol. The molecule has 0 saturated heterocycles. The number of ether oxygens (including phenoxy) is 4. The van der Waals surface area contributed by atoms with E-state index < -0.39 is 30.5 Å². The predicted molar refractivity (Wildman–Crippen MR) is 100 cm³/mol. The van der Waals surface area contributed by atoms with Crippen LogP contribution < -0.4 is 25.1 Å². The maximum Gasteiger partial charge on any atom is 0.344 e. The molecule has 1 aliphatic heterocycles. The summed E-state index contributed by atoms with van der Waals surface area (Å²) in [6, 6.07) is 14.1. The Morgan fingerprint density at radius 3 is 2.62 bits per heavy atom. The van der Waals surface area contributed by atoms with E-state index in [0.717, 1.165) is 5.56 Å². The minimum absolute atomic E-state index is 0.00397. The lowest BCUT2D eigenvalue weighted by Crippen LogP contribution is -2.51. The van der Waals surface area contributed by atoms with Crippen molar-refractivity contribution in [1.29, 1.82) is 0 Å². The minimum atomic E-state index is -0.921. The standard InChI is InChI=1S/C20H20N2O7/c1-13-5-4-6-14(9-13)26-12-19(24)28-11-18(23)21-22-20(25)17-10-27-15-7-2-3-8-16(15)29-17/h2-9,17H,10-12H2,1H3,(H,21,23)(H,22,25)/t17-/m1/s1. The predicted octanol–water partition coefficient (Wildman–Crippen LogP) is 0.904. The zero-order chi connectivity index (χ0) is 20.6. The van der Waals surface area contributed by atoms with Crippen molar-refractivity contribution in [3.63, 3.8) is 0 Å². The highest BCUT2D eigenvalue weighted by Crippen LogP contribution is 2.30. The van der Waals surface area contributed by atoms with Crippen LogP contribution in [0.3, 0.4) is 0 Å². The molecule has 2 aromatic rings. The normalized spacial score (nSPS) is 14.4. The topological polar surface area (TPSA) is 112 Å². The summed E-state index contributed by atoms with van der Waals surface area (Å²) in [7, 11) is 0. The van der Waals surface area contributed by atoms with E-state index in [4.69, 9.17) is 18.9 Å². The first kappa shape index (κ1) is 20.0. The van der Waals surface area contributed by atoms with Crippen LogP contribution in [-0.2, 0) is 19.1 Å². The molecule has 0 bridgehead atoms. The number of esters is 1. The molecule has 0 fully saturated rings. The molecule has 0 aromatic heterocycles. The van der Waals surface area contributed by atoms with Gasteiger partial charge >= 0.3 is 5.97 Å². The maximum atomic E-state index is 12.1. The molecule has 0 unspecified atom stereocenters. The Labute approximate surface area is 166 Å². The second kappa shape index (κ2) is 9.45. The number of hydrogen-bond acceptors (Lipinski definition) is 7. The summed E-state index contributed by atoms with van der Waals surface area (Å²) >= 11 is 0. The number of hydrazine groups is 1. The summed E-state index contributed by atoms with van der Waals surface area (Å²) in [4.78, 5) is 35.5. The lowest BCUT2D eigenvalue weighted by atomic mass is 10.2. The zero-order valence-electron chi connectivity index (χ0n) is 15.7. The molecule has 2 N–H and O–H groups in total. The van der Waals surface area contributed by atoms with Crippen molar-refractivity contribution >= 4 is 17.8 Å². The smallest absolute Gasteiger partial charge is 0.344 e. The van der Waals surface area contributed by atoms with Crippen LogP contribution in [0.4, 0.5) is 0 Å². The van der Waals surface area contributed by atoms with Gasteiger partial charge < -0.3 is 18.9 Å². The lowest BCUT2D eigenvalue weighted by Gasteiger charge is -2.25. The first-order valence-corrected chi connectivity index (χ1v) is 8.83. The average Bonchev–Trinajstić information content (AvgIpc) is 2.74. The number of amides is 2. The fourth-order valence-corrected chi connectivity index (χ4v) is 2.43. The molecule has 9 heteroatoms. The van der Waals surface area contributed by atoms with Gasteiger partial charge in [0.15, 0.2) is 24.7 Å². The molecule has 3 rings (SSSR count). The van der Waals surface area contributed by atoms with Crippen LogP contribution in [0.5, 0.6) is 17.2 Å². The number of carbonyl (C=O) groups excluding carboxylic acids is 3. The van der Waals surface area contributed by atoms with Gasteiger partial charge in [0.05, 0.1) is 0 Å². The Morgan fingerprint density at radius 1 is 1.03 bits per heavy atom. The number of aryl methyl sites for hydroxylation is 1. The number of carbonyl (C=O) groups is 3. The molecule has 1 atom stereocenters. The SMILES string of the molecule is Cc1cccc(OCC(=O)OCC(=O)NNC(=O)[C@H]2COc3ccccc3O2)c1. The minimum Gasteiger partial charge on any atom is -0.485 e. The molecule has 0 spiro atoms. The molecule has 152 valence electrons. The first-order chi connectivity index (χ1) is 14.0. The second-order valence-electron chi connectivity index (χ2n) is 6.17. The van der Waals surface area contributed by atoms with Crippen LogP contribution >= 0.6 is 0 Å². The number of benzene rings is 2. The van der Waals surface area contributed by atoms with Gasteiger partial charge in [-0.1, -0.05) is 24.3 Å². The molecule has 1 aliphatic rings. The van der Waals surface area contributed by atoms with Gasteiger partial charge in [0.25, 0.3) is 11.8 Å². The molecule has 29 heavy (non-hydrogen) atoms. The summed E-state index contributed by atoms with van der Waals surface area (Å²) in [5, 5.41) is 0. The Morgan fingerprint density at radius 2 is 1.83 bits per heavy atom. The van der Waals surface area contributed by atoms with E-state index in [1.807, 2.05) is 13.0 Å². The number of rotatable bonds is 6. The molecule has 0 saturated carbocycles. The lowest BCUT2D eigenvalue weighted by molar-refractivity contribution is -0.151. The van der Waals surface area contributed by atoms with Gasteiger partial charge in [0.2, 0.25) is 6.10 Å². The zero-order valence-corrected chi connectivity index (χ0v) is 15.7. The van der Waals surface area contributed by atoms with Crippen molar-refractivity contribution in [1.82, 2.24) is 10.9 Å². The molecule has 1 heterocycles. The largest absolute Gasteiger partial charge is 0.485 e. The van der Waals surface area contributed by atoms with Gasteiger partial charge in [-0.2, -0.15) is 0 Å². The van der Waals surface area contributed by atoms with Gasteiger partial charge in [-0.25, -0.2) is 4.79 Å². The highest BCUT2D eigenvalue weighted by atomic mass is 16.6. The molecule has 0 aliphatic carbocycles. The van der Waals surface area contributed by atoms with E-state index in [1.54, 1.807) is 42.5 Å². The van der Waals surface area contributed by atoms with Gasteiger partial charge in [-0.05, 0) is 36.8 Å². The fourth-order valence-electron chi connectivity index (χ4n) is 2.43. The van der Waals surface area contributed by atoms with Crippen LogP contribution in [0.2, 0.25) is 0 Å². The molecular formula is C20H20N2O7. The highest BCUT2D eigenvalue weighted by Gasteiger charge is 2.27. The molecule has 2 amide bonds. The Hall–Kier alpha value is -3.75. The number of hydrogen-bond donors (Lipinski definition) is 2. The second-order valence-corrected chi connectivity index (χ2v) is 6.17. The third-order valence-electron chi connectivity index (χ3n) is 3.84. The van der Waals surface area contributed by atoms with E-state index >= 15 is 0 Å². The molecular weight excluding hydrogens is 380 g/mol. The molecule has 2 aromatic carbocycles. The number of fused-ring (bicyclic) bond motifs is 1. The summed E-state index contributed by atoms with van der Waals surface area (Å²) in [5.74, 6) is -0.516. The molecule has 9 nitrogen and oxygen atoms in total. The monoisotopic (exact) mass is 400 g/mol. The number of para-hydroxylation sites is 2. The summed E-state index contributed by atoms with van der Waals surface area (Å²) in [5.41, 5.74) is 5.34. The van der Waals surface area contributed by atoms with Gasteiger partial charge in [0, 0.05) is 0 Å². The van der Waals surface area contributed by atoms with Gasteiger partial charge in [-0.3, -0.25) is 20.4 Å². The maximum absolute atomic E-state index is 12.1. The Balaban J connectivity index is 1.34. The van der Waals surface area contributed by atoms with E-state index in [2.05, 4.69) is 10.9 Å². The van der Waals surface area contributed by atoms with Crippen molar-refractivity contribution in [3.05, 3.63) is 54.1 Å². The van der Waals surface area contributed by atoms with Crippen LogP contribution in [0.1, 0.15) is 5.56 Å². The van der Waals surface area contributed by atoms with Crippen molar-refractivity contribution in [2.24, 2.45) is 0 Å². The Bertz CT molecular complexity index is 900. The quantitative estimate of drug-likeness (QED) is 0.547. The summed E-state index contributed by atoms with van der Waals surface area (Å²) in [6.07, 6.45) is -0.921. The summed E-state index contributed by atoms with van der Waals surface area (Å²) < 4.78 is 21.0. The van der Waals surface area contributed by atoms with Crippen molar-refractivity contribution in [2.45, 2.75) is 13.0 Å². The van der Waals surface area contributed by atoms with Gasteiger partial charge in [-0.15, -0.1) is 0 Å². The molecule has 0 radical (unpaired) electrons. The third kappa shape index (κ3) is 5.86. The third-order valence-corrected chi connectivity index (χ3v) is 3.84. The van der Waals surface area contributed by atoms with Crippen LogP contribution in [-0.4, -0.2) is 43.7 Å². The van der Waals surface area contributed by atoms with Crippen molar-refractivity contribution < 1.29 is 33.3 Å². The van der Waals surface area contributed by atoms with E-state index in [1.165, 1.54) is 0 Å². The number of nitrogens with one attached hydrogen (secondary N) is 2. The Kier molecular flexibility index (Phi) is 6.51. The van der Waals surface area contributed by atoms with Crippen LogP contribution in [0.15, 0.2) is 48.5 Å². The van der Waals surface area contributed by atoms with Crippen molar-refractivity contribution in [3.8, 4) is 17.2 Å². The van der Waals surface area contributed by atoms with Crippen LogP contribution in [0, 0.1) is 6.92 Å². The van der Waals surface area contributed by atoms with E-state index in [-0.39, 0.29) is 13.2 Å². The van der Waals surface area contributed by atoms with Crippen molar-refractivity contribution in [2.75, 3.05) is 19.8 Å². The van der Waals surface area contributed by atoms with E-state index in [0.29, 0.717) is 17.2 Å². The first-order valence-electron chi connectivity index (χ1n) is 8.83. The van der Waals surface area contributed by atoms with Gasteiger partial charge in [0.1, 0.15) is 12.4 Å². The highest BCUT2D eigenvalue weighted by molar-refractivity contribution is 5.86. The van der Waals surface area contributed by atoms with E-state index in [9.17, 15) is 14.4 Å². The van der Waals surface area contributed by atoms with Crippen LogP contribution in [0.25, 0.3) is 0 Å².